The van der Waals surface area contributed by atoms with Crippen LogP contribution in [0, 0.1) is 0 Å². The van der Waals surface area contributed by atoms with Crippen molar-refractivity contribution < 1.29 is 4.42 Å². The lowest BCUT2D eigenvalue weighted by Crippen LogP contribution is -2.24. The molecule has 3 nitrogen and oxygen atoms in total. The number of benzene rings is 1. The quantitative estimate of drug-likeness (QED) is 0.923. The van der Waals surface area contributed by atoms with Gasteiger partial charge >= 0.3 is 0 Å². The zero-order valence-electron chi connectivity index (χ0n) is 12.3. The minimum absolute atomic E-state index is 0.803. The average molecular weight is 272 g/mol. The zero-order valence-corrected chi connectivity index (χ0v) is 12.3. The summed E-state index contributed by atoms with van der Waals surface area (Å²) in [5, 5.41) is 4.50. The second-order valence-electron chi connectivity index (χ2n) is 5.72. The van der Waals surface area contributed by atoms with Crippen LogP contribution in [0.3, 0.4) is 0 Å². The smallest absolute Gasteiger partial charge is 0.134 e. The summed E-state index contributed by atoms with van der Waals surface area (Å²) in [6.07, 6.45) is 5.42. The summed E-state index contributed by atoms with van der Waals surface area (Å²) < 4.78 is 6.02. The van der Waals surface area contributed by atoms with Crippen molar-refractivity contribution in [3.8, 4) is 0 Å². The average Bonchev–Trinajstić information content (AvgIpc) is 2.64. The largest absolute Gasteiger partial charge is 0.459 e. The number of nitrogens with one attached hydrogen (secondary N) is 1. The molecular formula is C17H24N2O. The Morgan fingerprint density at radius 3 is 2.60 bits per heavy atom. The number of rotatable bonds is 4. The lowest BCUT2D eigenvalue weighted by atomic mass is 10.1. The summed E-state index contributed by atoms with van der Waals surface area (Å²) in [5.74, 6) is 1.10. The molecule has 1 aliphatic heterocycles. The third-order valence-electron chi connectivity index (χ3n) is 4.20. The SMILES string of the molecule is CNCc1oc2ccccc2c1CN1CCCCCC1. The van der Waals surface area contributed by atoms with Gasteiger partial charge in [-0.1, -0.05) is 31.0 Å². The molecule has 1 fully saturated rings. The Morgan fingerprint density at radius 2 is 1.85 bits per heavy atom. The Balaban J connectivity index is 1.89. The lowest BCUT2D eigenvalue weighted by Gasteiger charge is -2.19. The van der Waals surface area contributed by atoms with Gasteiger partial charge in [0.25, 0.3) is 0 Å². The van der Waals surface area contributed by atoms with Crippen molar-refractivity contribution >= 4 is 11.0 Å². The first-order valence-electron chi connectivity index (χ1n) is 7.74. The van der Waals surface area contributed by atoms with Gasteiger partial charge in [-0.2, -0.15) is 0 Å². The molecule has 1 aromatic heterocycles. The van der Waals surface area contributed by atoms with E-state index in [2.05, 4.69) is 28.4 Å². The van der Waals surface area contributed by atoms with E-state index in [9.17, 15) is 0 Å². The zero-order chi connectivity index (χ0) is 13.8. The van der Waals surface area contributed by atoms with Crippen LogP contribution in [0.25, 0.3) is 11.0 Å². The maximum atomic E-state index is 6.02. The van der Waals surface area contributed by atoms with Crippen LogP contribution in [0.4, 0.5) is 0 Å². The van der Waals surface area contributed by atoms with Crippen molar-refractivity contribution in [3.05, 3.63) is 35.6 Å². The monoisotopic (exact) mass is 272 g/mol. The number of hydrogen-bond acceptors (Lipinski definition) is 3. The van der Waals surface area contributed by atoms with E-state index in [1.165, 1.54) is 49.7 Å². The first-order valence-corrected chi connectivity index (χ1v) is 7.74. The Labute approximate surface area is 120 Å². The highest BCUT2D eigenvalue weighted by atomic mass is 16.3. The highest BCUT2D eigenvalue weighted by Gasteiger charge is 2.17. The molecule has 3 heteroatoms. The summed E-state index contributed by atoms with van der Waals surface area (Å²) >= 11 is 0. The first kappa shape index (κ1) is 13.7. The van der Waals surface area contributed by atoms with E-state index in [0.717, 1.165) is 24.4 Å². The highest BCUT2D eigenvalue weighted by Crippen LogP contribution is 2.27. The Morgan fingerprint density at radius 1 is 1.10 bits per heavy atom. The fourth-order valence-electron chi connectivity index (χ4n) is 3.14. The summed E-state index contributed by atoms with van der Waals surface area (Å²) in [6.45, 7) is 4.27. The molecule has 1 aliphatic rings. The molecule has 0 bridgehead atoms. The van der Waals surface area contributed by atoms with E-state index in [0.29, 0.717) is 0 Å². The number of hydrogen-bond donors (Lipinski definition) is 1. The molecule has 0 radical (unpaired) electrons. The molecule has 0 amide bonds. The molecule has 20 heavy (non-hydrogen) atoms. The van der Waals surface area contributed by atoms with E-state index in [-0.39, 0.29) is 0 Å². The summed E-state index contributed by atoms with van der Waals surface area (Å²) in [7, 11) is 1.98. The van der Waals surface area contributed by atoms with Gasteiger partial charge in [-0.25, -0.2) is 0 Å². The molecular weight excluding hydrogens is 248 g/mol. The summed E-state index contributed by atoms with van der Waals surface area (Å²) in [5.41, 5.74) is 2.39. The van der Waals surface area contributed by atoms with Crippen LogP contribution in [0.5, 0.6) is 0 Å². The van der Waals surface area contributed by atoms with Crippen molar-refractivity contribution in [2.45, 2.75) is 38.8 Å². The van der Waals surface area contributed by atoms with Gasteiger partial charge in [-0.05, 0) is 39.0 Å². The Kier molecular flexibility index (Phi) is 4.38. The Hall–Kier alpha value is -1.32. The third-order valence-corrected chi connectivity index (χ3v) is 4.20. The first-order chi connectivity index (χ1) is 9.88. The van der Waals surface area contributed by atoms with E-state index >= 15 is 0 Å². The van der Waals surface area contributed by atoms with Gasteiger partial charge in [-0.15, -0.1) is 0 Å². The lowest BCUT2D eigenvalue weighted by molar-refractivity contribution is 0.275. The van der Waals surface area contributed by atoms with Gasteiger partial charge in [-0.3, -0.25) is 4.90 Å². The maximum absolute atomic E-state index is 6.02. The summed E-state index contributed by atoms with van der Waals surface area (Å²) in [6, 6.07) is 8.41. The van der Waals surface area contributed by atoms with E-state index in [1.807, 2.05) is 13.1 Å². The molecule has 1 aromatic carbocycles. The summed E-state index contributed by atoms with van der Waals surface area (Å²) in [4.78, 5) is 2.59. The van der Waals surface area contributed by atoms with Gasteiger partial charge < -0.3 is 9.73 Å². The maximum Gasteiger partial charge on any atom is 0.134 e. The molecule has 0 atom stereocenters. The van der Waals surface area contributed by atoms with Crippen LogP contribution >= 0.6 is 0 Å². The predicted molar refractivity (Wildman–Crippen MR) is 82.7 cm³/mol. The normalized spacial score (nSPS) is 17.4. The second kappa shape index (κ2) is 6.42. The number of likely N-dealkylation sites (tertiary alicyclic amines) is 1. The van der Waals surface area contributed by atoms with Gasteiger partial charge in [0.05, 0.1) is 6.54 Å². The van der Waals surface area contributed by atoms with Crippen molar-refractivity contribution in [1.29, 1.82) is 0 Å². The molecule has 108 valence electrons. The van der Waals surface area contributed by atoms with Crippen LogP contribution < -0.4 is 5.32 Å². The van der Waals surface area contributed by atoms with Gasteiger partial charge in [0.1, 0.15) is 11.3 Å². The topological polar surface area (TPSA) is 28.4 Å². The van der Waals surface area contributed by atoms with Crippen LogP contribution in [-0.2, 0) is 13.1 Å². The Bertz CT molecular complexity index is 553. The third kappa shape index (κ3) is 2.89. The fraction of sp³-hybridized carbons (Fsp3) is 0.529. The fourth-order valence-corrected chi connectivity index (χ4v) is 3.14. The molecule has 0 unspecified atom stereocenters. The second-order valence-corrected chi connectivity index (χ2v) is 5.72. The van der Waals surface area contributed by atoms with Gasteiger partial charge in [0.2, 0.25) is 0 Å². The van der Waals surface area contributed by atoms with E-state index < -0.39 is 0 Å². The molecule has 0 spiro atoms. The van der Waals surface area contributed by atoms with Crippen molar-refractivity contribution in [2.75, 3.05) is 20.1 Å². The van der Waals surface area contributed by atoms with Gasteiger partial charge in [0, 0.05) is 17.5 Å². The van der Waals surface area contributed by atoms with Crippen LogP contribution in [0.15, 0.2) is 28.7 Å². The number of fused-ring (bicyclic) bond motifs is 1. The molecule has 2 heterocycles. The molecule has 2 aromatic rings. The molecule has 0 aliphatic carbocycles. The van der Waals surface area contributed by atoms with Crippen LogP contribution in [-0.4, -0.2) is 25.0 Å². The standard InChI is InChI=1S/C17H24N2O/c1-18-12-17-15(13-19-10-6-2-3-7-11-19)14-8-4-5-9-16(14)20-17/h4-5,8-9,18H,2-3,6-7,10-13H2,1H3. The van der Waals surface area contributed by atoms with Gasteiger partial charge in [0.15, 0.2) is 0 Å². The molecule has 0 saturated carbocycles. The highest BCUT2D eigenvalue weighted by molar-refractivity contribution is 5.82. The minimum atomic E-state index is 0.803. The van der Waals surface area contributed by atoms with Crippen LogP contribution in [0.1, 0.15) is 37.0 Å². The van der Waals surface area contributed by atoms with Crippen LogP contribution in [0.2, 0.25) is 0 Å². The van der Waals surface area contributed by atoms with Crippen molar-refractivity contribution in [2.24, 2.45) is 0 Å². The van der Waals surface area contributed by atoms with E-state index in [4.69, 9.17) is 4.42 Å². The molecule has 1 saturated heterocycles. The number of para-hydroxylation sites is 1. The van der Waals surface area contributed by atoms with Crippen molar-refractivity contribution in [3.63, 3.8) is 0 Å². The molecule has 1 N–H and O–H groups in total. The molecule has 3 rings (SSSR count). The predicted octanol–water partition coefficient (Wildman–Crippen LogP) is 3.53. The van der Waals surface area contributed by atoms with Crippen molar-refractivity contribution in [1.82, 2.24) is 10.2 Å². The minimum Gasteiger partial charge on any atom is -0.459 e. The number of furan rings is 1. The number of nitrogens with zero attached hydrogens (tertiary/aromatic N) is 1. The van der Waals surface area contributed by atoms with E-state index in [1.54, 1.807) is 0 Å².